The fourth-order valence-electron chi connectivity index (χ4n) is 2.05. The molecule has 20 heavy (non-hydrogen) atoms. The van der Waals surface area contributed by atoms with E-state index in [4.69, 9.17) is 11.6 Å². The van der Waals surface area contributed by atoms with Crippen molar-refractivity contribution in [3.63, 3.8) is 0 Å². The molecule has 1 atom stereocenters. The summed E-state index contributed by atoms with van der Waals surface area (Å²) < 4.78 is 37.7. The van der Waals surface area contributed by atoms with Gasteiger partial charge in [-0.15, -0.1) is 0 Å². The van der Waals surface area contributed by atoms with Crippen LogP contribution >= 0.6 is 11.6 Å². The van der Waals surface area contributed by atoms with E-state index in [-0.39, 0.29) is 18.0 Å². The molecule has 2 heterocycles. The zero-order chi connectivity index (χ0) is 15.1. The number of halogens is 4. The number of nitrogens with zero attached hydrogens (tertiary/aromatic N) is 2. The third kappa shape index (κ3) is 2.87. The first-order valence-electron chi connectivity index (χ1n) is 5.55. The van der Waals surface area contributed by atoms with Gasteiger partial charge in [-0.2, -0.15) is 13.2 Å². The molecule has 1 aromatic rings. The van der Waals surface area contributed by atoms with E-state index in [1.165, 1.54) is 0 Å². The van der Waals surface area contributed by atoms with Gasteiger partial charge in [-0.25, -0.2) is 4.79 Å². The van der Waals surface area contributed by atoms with Gasteiger partial charge in [0.2, 0.25) is 5.91 Å². The number of hydrogen-bond acceptors (Lipinski definition) is 3. The molecule has 1 saturated heterocycles. The van der Waals surface area contributed by atoms with Crippen molar-refractivity contribution in [2.45, 2.75) is 18.6 Å². The molecule has 2 rings (SSSR count). The van der Waals surface area contributed by atoms with E-state index in [1.807, 2.05) is 4.98 Å². The van der Waals surface area contributed by atoms with Crippen molar-refractivity contribution in [1.29, 1.82) is 0 Å². The Labute approximate surface area is 114 Å². The highest BCUT2D eigenvalue weighted by Gasteiger charge is 2.40. The van der Waals surface area contributed by atoms with Crippen molar-refractivity contribution < 1.29 is 18.0 Å². The Morgan fingerprint density at radius 3 is 2.60 bits per heavy atom. The Bertz CT molecular complexity index is 652. The maximum absolute atomic E-state index is 12.3. The van der Waals surface area contributed by atoms with Crippen LogP contribution in [0.25, 0.3) is 0 Å². The van der Waals surface area contributed by atoms with E-state index in [0.29, 0.717) is 4.90 Å². The second-order valence-electron chi connectivity index (χ2n) is 4.32. The van der Waals surface area contributed by atoms with Crippen molar-refractivity contribution in [1.82, 2.24) is 14.5 Å². The SMILES string of the molecule is O=C1[C@@H](n2cc(Cl)c(=O)[nH]c2=O)CCN1CC(F)(F)F. The van der Waals surface area contributed by atoms with Crippen molar-refractivity contribution in [2.75, 3.05) is 13.1 Å². The second-order valence-corrected chi connectivity index (χ2v) is 4.73. The van der Waals surface area contributed by atoms with E-state index in [0.717, 1.165) is 10.8 Å². The first kappa shape index (κ1) is 14.6. The predicted molar refractivity (Wildman–Crippen MR) is 62.6 cm³/mol. The number of carbonyl (C=O) groups is 1. The number of amides is 1. The Morgan fingerprint density at radius 1 is 1.35 bits per heavy atom. The fourth-order valence-corrected chi connectivity index (χ4v) is 2.20. The van der Waals surface area contributed by atoms with E-state index in [1.54, 1.807) is 0 Å². The van der Waals surface area contributed by atoms with Gasteiger partial charge in [0.25, 0.3) is 5.56 Å². The summed E-state index contributed by atoms with van der Waals surface area (Å²) in [6.45, 7) is -1.49. The van der Waals surface area contributed by atoms with Crippen LogP contribution < -0.4 is 11.2 Å². The molecule has 1 aromatic heterocycles. The molecular weight excluding hydrogens is 303 g/mol. The number of hydrogen-bond donors (Lipinski definition) is 1. The lowest BCUT2D eigenvalue weighted by atomic mass is 10.2. The van der Waals surface area contributed by atoms with Gasteiger partial charge in [0.1, 0.15) is 17.6 Å². The Balaban J connectivity index is 2.28. The summed E-state index contributed by atoms with van der Waals surface area (Å²) in [6, 6.07) is -1.08. The quantitative estimate of drug-likeness (QED) is 0.865. The number of carbonyl (C=O) groups excluding carboxylic acids is 1. The average molecular weight is 312 g/mol. The summed E-state index contributed by atoms with van der Waals surface area (Å²) >= 11 is 5.55. The first-order valence-corrected chi connectivity index (χ1v) is 5.93. The van der Waals surface area contributed by atoms with Gasteiger partial charge in [0, 0.05) is 12.7 Å². The number of likely N-dealkylation sites (tertiary alicyclic amines) is 1. The Morgan fingerprint density at radius 2 is 2.00 bits per heavy atom. The van der Waals surface area contributed by atoms with Crippen molar-refractivity contribution in [2.24, 2.45) is 0 Å². The number of rotatable bonds is 2. The number of aromatic amines is 1. The van der Waals surface area contributed by atoms with Gasteiger partial charge in [-0.1, -0.05) is 11.6 Å². The van der Waals surface area contributed by atoms with Gasteiger partial charge in [-0.05, 0) is 6.42 Å². The molecular formula is C10H9ClF3N3O3. The molecule has 1 amide bonds. The molecule has 1 aliphatic rings. The van der Waals surface area contributed by atoms with E-state index < -0.39 is 35.9 Å². The Hall–Kier alpha value is -1.77. The molecule has 110 valence electrons. The van der Waals surface area contributed by atoms with Crippen molar-refractivity contribution >= 4 is 17.5 Å². The maximum Gasteiger partial charge on any atom is 0.406 e. The molecule has 10 heteroatoms. The number of aromatic nitrogens is 2. The van der Waals surface area contributed by atoms with Gasteiger partial charge in [0.15, 0.2) is 0 Å². The minimum Gasteiger partial charge on any atom is -0.332 e. The van der Waals surface area contributed by atoms with Crippen molar-refractivity contribution in [3.05, 3.63) is 32.1 Å². The molecule has 1 N–H and O–H groups in total. The van der Waals surface area contributed by atoms with Gasteiger partial charge in [-0.3, -0.25) is 19.1 Å². The maximum atomic E-state index is 12.3. The smallest absolute Gasteiger partial charge is 0.332 e. The first-order chi connectivity index (χ1) is 9.19. The van der Waals surface area contributed by atoms with Gasteiger partial charge < -0.3 is 4.90 Å². The lowest BCUT2D eigenvalue weighted by molar-refractivity contribution is -0.158. The van der Waals surface area contributed by atoms with Crippen LogP contribution in [0.3, 0.4) is 0 Å². The molecule has 0 spiro atoms. The minimum atomic E-state index is -4.50. The monoisotopic (exact) mass is 311 g/mol. The number of alkyl halides is 3. The molecule has 0 radical (unpaired) electrons. The molecule has 0 bridgehead atoms. The number of nitrogens with one attached hydrogen (secondary N) is 1. The molecule has 6 nitrogen and oxygen atoms in total. The molecule has 0 unspecified atom stereocenters. The summed E-state index contributed by atoms with van der Waals surface area (Å²) in [4.78, 5) is 37.0. The molecule has 1 aliphatic heterocycles. The van der Waals surface area contributed by atoms with Crippen LogP contribution in [-0.4, -0.2) is 39.6 Å². The highest BCUT2D eigenvalue weighted by atomic mass is 35.5. The molecule has 0 aliphatic carbocycles. The van der Waals surface area contributed by atoms with Gasteiger partial charge in [0.05, 0.1) is 0 Å². The minimum absolute atomic E-state index is 0.0389. The summed E-state index contributed by atoms with van der Waals surface area (Å²) in [5, 5.41) is -0.313. The van der Waals surface area contributed by atoms with Crippen LogP contribution in [0.2, 0.25) is 5.02 Å². The summed E-state index contributed by atoms with van der Waals surface area (Å²) in [6.07, 6.45) is -3.50. The van der Waals surface area contributed by atoms with Crippen LogP contribution in [-0.2, 0) is 4.79 Å². The van der Waals surface area contributed by atoms with E-state index in [2.05, 4.69) is 0 Å². The van der Waals surface area contributed by atoms with Crippen molar-refractivity contribution in [3.8, 4) is 0 Å². The lowest BCUT2D eigenvalue weighted by Crippen LogP contribution is -2.39. The third-order valence-corrected chi connectivity index (χ3v) is 3.17. The highest BCUT2D eigenvalue weighted by molar-refractivity contribution is 6.30. The Kier molecular flexibility index (Phi) is 3.63. The highest BCUT2D eigenvalue weighted by Crippen LogP contribution is 2.26. The lowest BCUT2D eigenvalue weighted by Gasteiger charge is -2.18. The van der Waals surface area contributed by atoms with Crippen LogP contribution in [0, 0.1) is 0 Å². The molecule has 0 aromatic carbocycles. The largest absolute Gasteiger partial charge is 0.406 e. The third-order valence-electron chi connectivity index (χ3n) is 2.90. The summed E-state index contributed by atoms with van der Waals surface area (Å²) in [5.74, 6) is -0.826. The summed E-state index contributed by atoms with van der Waals surface area (Å²) in [5.41, 5.74) is -1.70. The zero-order valence-corrected chi connectivity index (χ0v) is 10.7. The number of H-pyrrole nitrogens is 1. The molecule has 1 fully saturated rings. The van der Waals surface area contributed by atoms with Crippen LogP contribution in [0.15, 0.2) is 15.8 Å². The van der Waals surface area contributed by atoms with Crippen LogP contribution in [0.5, 0.6) is 0 Å². The molecule has 0 saturated carbocycles. The standard InChI is InChI=1S/C10H9ClF3N3O3/c11-5-3-17(9(20)15-7(5)18)6-1-2-16(8(6)19)4-10(12,13)14/h3,6H,1-2,4H2,(H,15,18,20)/t6-/m0/s1. The zero-order valence-electron chi connectivity index (χ0n) is 9.91. The second kappa shape index (κ2) is 4.97. The summed E-state index contributed by atoms with van der Waals surface area (Å²) in [7, 11) is 0. The van der Waals surface area contributed by atoms with Gasteiger partial charge >= 0.3 is 11.9 Å². The normalized spacial score (nSPS) is 19.7. The van der Waals surface area contributed by atoms with E-state index in [9.17, 15) is 27.6 Å². The van der Waals surface area contributed by atoms with E-state index >= 15 is 0 Å². The van der Waals surface area contributed by atoms with Crippen LogP contribution in [0.4, 0.5) is 13.2 Å². The van der Waals surface area contributed by atoms with Crippen LogP contribution in [0.1, 0.15) is 12.5 Å². The fraction of sp³-hybridized carbons (Fsp3) is 0.500. The topological polar surface area (TPSA) is 75.2 Å². The predicted octanol–water partition coefficient (Wildman–Crippen LogP) is 0.526. The average Bonchev–Trinajstić information content (AvgIpc) is 2.64.